The van der Waals surface area contributed by atoms with Crippen LogP contribution in [0.5, 0.6) is 11.5 Å². The first-order chi connectivity index (χ1) is 14.9. The number of hydrogen-bond donors (Lipinski definition) is 5. The van der Waals surface area contributed by atoms with Crippen LogP contribution in [0.2, 0.25) is 0 Å². The topological polar surface area (TPSA) is 182 Å². The molecule has 164 valence electrons. The van der Waals surface area contributed by atoms with Gasteiger partial charge in [-0.1, -0.05) is 0 Å². The van der Waals surface area contributed by atoms with Gasteiger partial charge in [-0.2, -0.15) is 10.5 Å². The molecule has 1 amide bonds. The largest absolute Gasteiger partial charge is 0.491 e. The van der Waals surface area contributed by atoms with Crippen molar-refractivity contribution in [2.24, 2.45) is 5.73 Å². The third kappa shape index (κ3) is 11.1. The second-order valence-electron chi connectivity index (χ2n) is 6.12. The highest BCUT2D eigenvalue weighted by molar-refractivity contribution is 5.64. The van der Waals surface area contributed by atoms with Gasteiger partial charge in [-0.25, -0.2) is 4.79 Å². The molecule has 31 heavy (non-hydrogen) atoms. The van der Waals surface area contributed by atoms with Gasteiger partial charge in [0.2, 0.25) is 0 Å². The maximum Gasteiger partial charge on any atom is 0.404 e. The van der Waals surface area contributed by atoms with Gasteiger partial charge in [0.05, 0.1) is 29.8 Å². The van der Waals surface area contributed by atoms with E-state index in [4.69, 9.17) is 35.9 Å². The van der Waals surface area contributed by atoms with E-state index in [0.29, 0.717) is 22.6 Å². The van der Waals surface area contributed by atoms with Crippen LogP contribution in [0.1, 0.15) is 11.1 Å². The Bertz CT molecular complexity index is 875. The average Bonchev–Trinajstić information content (AvgIpc) is 2.80. The summed E-state index contributed by atoms with van der Waals surface area (Å²) in [7, 11) is 0. The summed E-state index contributed by atoms with van der Waals surface area (Å²) in [5.74, 6) is 1.13. The van der Waals surface area contributed by atoms with Gasteiger partial charge in [0, 0.05) is 6.54 Å². The minimum atomic E-state index is -1.19. The fourth-order valence-electron chi connectivity index (χ4n) is 1.97. The number of ether oxygens (including phenoxy) is 2. The van der Waals surface area contributed by atoms with Gasteiger partial charge >= 0.3 is 6.09 Å². The normalized spacial score (nSPS) is 11.5. The third-order valence-electron chi connectivity index (χ3n) is 3.61. The molecule has 10 heteroatoms. The summed E-state index contributed by atoms with van der Waals surface area (Å²) in [6.45, 7) is 0.233. The van der Waals surface area contributed by atoms with Crippen molar-refractivity contribution >= 4 is 6.09 Å². The summed E-state index contributed by atoms with van der Waals surface area (Å²) < 4.78 is 10.4. The molecule has 0 aromatic heterocycles. The van der Waals surface area contributed by atoms with E-state index >= 15 is 0 Å². The highest BCUT2D eigenvalue weighted by Gasteiger charge is 2.06. The summed E-state index contributed by atoms with van der Waals surface area (Å²) in [5, 5.41) is 45.9. The van der Waals surface area contributed by atoms with E-state index in [9.17, 15) is 9.90 Å². The van der Waals surface area contributed by atoms with Gasteiger partial charge in [-0.3, -0.25) is 0 Å². The molecule has 0 heterocycles. The zero-order valence-electron chi connectivity index (χ0n) is 16.6. The molecule has 0 aliphatic heterocycles. The van der Waals surface area contributed by atoms with E-state index in [2.05, 4.69) is 0 Å². The Labute approximate surface area is 179 Å². The fraction of sp³-hybridized carbons (Fsp3) is 0.286. The van der Waals surface area contributed by atoms with Gasteiger partial charge in [-0.15, -0.1) is 0 Å². The highest BCUT2D eigenvalue weighted by atomic mass is 16.5. The lowest BCUT2D eigenvalue weighted by Crippen LogP contribution is -2.34. The zero-order valence-corrected chi connectivity index (χ0v) is 16.6. The van der Waals surface area contributed by atoms with E-state index in [-0.39, 0.29) is 26.3 Å². The van der Waals surface area contributed by atoms with Gasteiger partial charge < -0.3 is 35.8 Å². The fourth-order valence-corrected chi connectivity index (χ4v) is 1.97. The summed E-state index contributed by atoms with van der Waals surface area (Å²) >= 11 is 0. The molecule has 2 aromatic carbocycles. The van der Waals surface area contributed by atoms with E-state index in [1.165, 1.54) is 0 Å². The molecule has 0 aliphatic carbocycles. The first-order valence-corrected chi connectivity index (χ1v) is 9.16. The number of carbonyl (C=O) groups is 1. The Balaban J connectivity index is 0.000000316. The Kier molecular flexibility index (Phi) is 11.5. The van der Waals surface area contributed by atoms with Gasteiger partial charge in [-0.05, 0) is 48.5 Å². The maximum absolute atomic E-state index is 10.2. The van der Waals surface area contributed by atoms with Crippen LogP contribution >= 0.6 is 0 Å². The number of rotatable bonds is 9. The smallest absolute Gasteiger partial charge is 0.404 e. The second-order valence-corrected chi connectivity index (χ2v) is 6.12. The molecular weight excluding hydrogens is 404 g/mol. The van der Waals surface area contributed by atoms with Crippen molar-refractivity contribution in [2.45, 2.75) is 12.2 Å². The number of hydrogen-bond acceptors (Lipinski definition) is 8. The maximum atomic E-state index is 10.2. The molecule has 0 aliphatic rings. The number of benzene rings is 2. The van der Waals surface area contributed by atoms with Crippen molar-refractivity contribution in [1.82, 2.24) is 5.32 Å². The van der Waals surface area contributed by atoms with Crippen LogP contribution in [-0.4, -0.2) is 59.9 Å². The standard InChI is InChI=1S/C11H12N2O4.C10H12N2O2/c12-5-8-1-3-10(4-2-8)17-7-9(14)6-13-11(15)16;11-5-8-1-3-10(4-2-8)14-7-9(13)6-12/h1-4,9,13-14H,6-7H2,(H,15,16);1-4,9,13H,6-7,12H2/t;9-/m.1/s1. The van der Waals surface area contributed by atoms with Gasteiger partial charge in [0.15, 0.2) is 0 Å². The molecule has 0 fully saturated rings. The summed E-state index contributed by atoms with van der Waals surface area (Å²) in [5.41, 5.74) is 6.31. The van der Waals surface area contributed by atoms with Crippen LogP contribution in [-0.2, 0) is 0 Å². The molecule has 0 saturated carbocycles. The zero-order chi connectivity index (χ0) is 23.1. The lowest BCUT2D eigenvalue weighted by atomic mass is 10.2. The number of amides is 1. The first kappa shape index (κ1) is 25.2. The van der Waals surface area contributed by atoms with E-state index < -0.39 is 18.3 Å². The van der Waals surface area contributed by atoms with Crippen LogP contribution in [0.15, 0.2) is 48.5 Å². The predicted octanol–water partition coefficient (Wildman–Crippen LogP) is 0.822. The van der Waals surface area contributed by atoms with Crippen molar-refractivity contribution in [3.63, 3.8) is 0 Å². The third-order valence-corrected chi connectivity index (χ3v) is 3.61. The SMILES string of the molecule is N#Cc1ccc(OCC(O)CNC(=O)O)cc1.N#Cc1ccc(OC[C@H](O)CN)cc1. The molecule has 2 aromatic rings. The molecule has 0 spiro atoms. The van der Waals surface area contributed by atoms with Crippen LogP contribution in [0.3, 0.4) is 0 Å². The lowest BCUT2D eigenvalue weighted by molar-refractivity contribution is 0.104. The van der Waals surface area contributed by atoms with Crippen LogP contribution in [0.25, 0.3) is 0 Å². The van der Waals surface area contributed by atoms with E-state index in [1.807, 2.05) is 17.5 Å². The molecule has 1 unspecified atom stereocenters. The van der Waals surface area contributed by atoms with Crippen molar-refractivity contribution in [3.8, 4) is 23.6 Å². The van der Waals surface area contributed by atoms with Crippen LogP contribution in [0, 0.1) is 22.7 Å². The highest BCUT2D eigenvalue weighted by Crippen LogP contribution is 2.12. The molecule has 2 atom stereocenters. The predicted molar refractivity (Wildman–Crippen MR) is 110 cm³/mol. The number of aliphatic hydroxyl groups is 2. The summed E-state index contributed by atoms with van der Waals surface area (Å²) in [4.78, 5) is 10.2. The summed E-state index contributed by atoms with van der Waals surface area (Å²) in [6, 6.07) is 17.1. The Morgan fingerprint density at radius 1 is 0.903 bits per heavy atom. The molecule has 10 nitrogen and oxygen atoms in total. The molecule has 0 bridgehead atoms. The molecule has 2 rings (SSSR count). The number of nitrogens with zero attached hydrogens (tertiary/aromatic N) is 2. The minimum absolute atomic E-state index is 0.0216. The lowest BCUT2D eigenvalue weighted by Gasteiger charge is -2.11. The molecular formula is C21H24N4O6. The second kappa shape index (κ2) is 14.2. The van der Waals surface area contributed by atoms with E-state index in [0.717, 1.165) is 0 Å². The first-order valence-electron chi connectivity index (χ1n) is 9.16. The van der Waals surface area contributed by atoms with Gasteiger partial charge in [0.1, 0.15) is 36.9 Å². The van der Waals surface area contributed by atoms with Crippen molar-refractivity contribution in [3.05, 3.63) is 59.7 Å². The summed E-state index contributed by atoms with van der Waals surface area (Å²) in [6.07, 6.45) is -2.75. The van der Waals surface area contributed by atoms with Crippen LogP contribution < -0.4 is 20.5 Å². The number of aliphatic hydroxyl groups excluding tert-OH is 2. The minimum Gasteiger partial charge on any atom is -0.491 e. The van der Waals surface area contributed by atoms with Crippen LogP contribution in [0.4, 0.5) is 4.79 Å². The van der Waals surface area contributed by atoms with Crippen molar-refractivity contribution in [2.75, 3.05) is 26.3 Å². The number of nitrogens with two attached hydrogens (primary N) is 1. The Hall–Kier alpha value is -3.83. The molecule has 0 saturated heterocycles. The monoisotopic (exact) mass is 428 g/mol. The van der Waals surface area contributed by atoms with Crippen molar-refractivity contribution in [1.29, 1.82) is 10.5 Å². The number of carboxylic acid groups (broad SMARTS) is 1. The Morgan fingerprint density at radius 3 is 1.68 bits per heavy atom. The Morgan fingerprint density at radius 2 is 1.32 bits per heavy atom. The van der Waals surface area contributed by atoms with Crippen molar-refractivity contribution < 1.29 is 29.6 Å². The quantitative estimate of drug-likeness (QED) is 0.386. The van der Waals surface area contributed by atoms with Gasteiger partial charge in [0.25, 0.3) is 0 Å². The number of nitrogens with one attached hydrogen (secondary N) is 1. The van der Waals surface area contributed by atoms with E-state index in [1.54, 1.807) is 48.5 Å². The molecule has 6 N–H and O–H groups in total. The number of nitriles is 2. The average molecular weight is 428 g/mol. The molecule has 0 radical (unpaired) electrons.